The van der Waals surface area contributed by atoms with E-state index in [-0.39, 0.29) is 24.7 Å². The number of nitrogens with zero attached hydrogens (tertiary/aromatic N) is 2. The third-order valence-electron chi connectivity index (χ3n) is 3.24. The first-order valence-corrected chi connectivity index (χ1v) is 7.13. The zero-order valence-electron chi connectivity index (χ0n) is 11.6. The molecule has 1 aromatic carbocycles. The number of benzene rings is 1. The maximum atomic E-state index is 13.5. The van der Waals surface area contributed by atoms with Gasteiger partial charge in [-0.1, -0.05) is 29.8 Å². The molecule has 22 heavy (non-hydrogen) atoms. The molecular formula is C16H13ClFN3O. The van der Waals surface area contributed by atoms with Gasteiger partial charge in [0.25, 0.3) is 0 Å². The monoisotopic (exact) mass is 317 g/mol. The van der Waals surface area contributed by atoms with Gasteiger partial charge in [-0.05, 0) is 23.8 Å². The van der Waals surface area contributed by atoms with Crippen LogP contribution in [0, 0.1) is 5.82 Å². The lowest BCUT2D eigenvalue weighted by Gasteiger charge is -2.04. The molecule has 0 atom stereocenters. The van der Waals surface area contributed by atoms with Gasteiger partial charge in [-0.25, -0.2) is 9.37 Å². The molecule has 0 radical (unpaired) electrons. The first-order chi connectivity index (χ1) is 10.6. The number of rotatable bonds is 4. The van der Waals surface area contributed by atoms with Crippen LogP contribution in [0.3, 0.4) is 0 Å². The van der Waals surface area contributed by atoms with Crippen molar-refractivity contribution in [3.63, 3.8) is 0 Å². The van der Waals surface area contributed by atoms with Crippen LogP contribution >= 0.6 is 11.6 Å². The number of amides is 1. The van der Waals surface area contributed by atoms with Gasteiger partial charge in [0, 0.05) is 12.4 Å². The van der Waals surface area contributed by atoms with Gasteiger partial charge < -0.3 is 9.72 Å². The van der Waals surface area contributed by atoms with Crippen molar-refractivity contribution in [2.45, 2.75) is 13.0 Å². The van der Waals surface area contributed by atoms with E-state index in [4.69, 9.17) is 11.6 Å². The summed E-state index contributed by atoms with van der Waals surface area (Å²) in [6.07, 6.45) is 3.55. The predicted molar refractivity (Wildman–Crippen MR) is 82.2 cm³/mol. The van der Waals surface area contributed by atoms with E-state index in [1.54, 1.807) is 47.1 Å². The van der Waals surface area contributed by atoms with Crippen LogP contribution < -0.4 is 5.32 Å². The van der Waals surface area contributed by atoms with Crippen LogP contribution in [0.5, 0.6) is 0 Å². The largest absolute Gasteiger partial charge is 0.350 e. The van der Waals surface area contributed by atoms with Gasteiger partial charge in [0.2, 0.25) is 5.91 Å². The molecule has 3 aromatic rings. The summed E-state index contributed by atoms with van der Waals surface area (Å²) in [5, 5.41) is 3.35. The predicted octanol–water partition coefficient (Wildman–Crippen LogP) is 2.99. The summed E-state index contributed by atoms with van der Waals surface area (Å²) in [5.41, 5.74) is 1.84. The lowest BCUT2D eigenvalue weighted by molar-refractivity contribution is -0.120. The fraction of sp³-hybridized carbons (Fsp3) is 0.125. The van der Waals surface area contributed by atoms with Gasteiger partial charge in [-0.2, -0.15) is 0 Å². The third kappa shape index (κ3) is 3.26. The molecule has 0 saturated heterocycles. The molecule has 6 heteroatoms. The van der Waals surface area contributed by atoms with E-state index in [0.717, 1.165) is 5.65 Å². The molecule has 0 unspecified atom stereocenters. The summed E-state index contributed by atoms with van der Waals surface area (Å²) in [7, 11) is 0. The Balaban J connectivity index is 1.63. The molecule has 112 valence electrons. The second kappa shape index (κ2) is 6.15. The number of fused-ring (bicyclic) bond motifs is 1. The van der Waals surface area contributed by atoms with Crippen LogP contribution in [0.25, 0.3) is 5.65 Å². The minimum Gasteiger partial charge on any atom is -0.350 e. The molecule has 4 nitrogen and oxygen atoms in total. The Morgan fingerprint density at radius 2 is 2.05 bits per heavy atom. The molecule has 1 amide bonds. The van der Waals surface area contributed by atoms with Crippen molar-refractivity contribution in [1.82, 2.24) is 14.7 Å². The van der Waals surface area contributed by atoms with Crippen molar-refractivity contribution in [2.24, 2.45) is 0 Å². The summed E-state index contributed by atoms with van der Waals surface area (Å²) < 4.78 is 15.3. The lowest BCUT2D eigenvalue weighted by atomic mass is 10.1. The van der Waals surface area contributed by atoms with Crippen molar-refractivity contribution < 1.29 is 9.18 Å². The van der Waals surface area contributed by atoms with Gasteiger partial charge in [0.05, 0.1) is 23.7 Å². The molecule has 3 rings (SSSR count). The van der Waals surface area contributed by atoms with E-state index in [2.05, 4.69) is 10.3 Å². The van der Waals surface area contributed by atoms with Crippen molar-refractivity contribution in [2.75, 3.05) is 0 Å². The second-order valence-electron chi connectivity index (χ2n) is 4.89. The zero-order valence-corrected chi connectivity index (χ0v) is 12.3. The van der Waals surface area contributed by atoms with Gasteiger partial charge in [-0.3, -0.25) is 4.79 Å². The Morgan fingerprint density at radius 1 is 1.23 bits per heavy atom. The molecule has 2 heterocycles. The quantitative estimate of drug-likeness (QED) is 0.804. The summed E-state index contributed by atoms with van der Waals surface area (Å²) in [5.74, 6) is -0.625. The van der Waals surface area contributed by atoms with Crippen molar-refractivity contribution >= 4 is 23.2 Å². The van der Waals surface area contributed by atoms with Crippen LogP contribution in [-0.2, 0) is 17.8 Å². The number of halogens is 2. The Morgan fingerprint density at radius 3 is 2.86 bits per heavy atom. The molecule has 0 fully saturated rings. The van der Waals surface area contributed by atoms with Gasteiger partial charge in [-0.15, -0.1) is 0 Å². The summed E-state index contributed by atoms with van der Waals surface area (Å²) >= 11 is 5.91. The van der Waals surface area contributed by atoms with Crippen molar-refractivity contribution in [3.8, 4) is 0 Å². The van der Waals surface area contributed by atoms with Crippen molar-refractivity contribution in [3.05, 3.63) is 70.9 Å². The minimum atomic E-state index is -0.375. The third-order valence-corrected chi connectivity index (χ3v) is 3.46. The highest BCUT2D eigenvalue weighted by Crippen LogP contribution is 2.12. The van der Waals surface area contributed by atoms with E-state index in [1.165, 1.54) is 6.07 Å². The summed E-state index contributed by atoms with van der Waals surface area (Å²) in [6.45, 7) is 0.284. The number of carbonyl (C=O) groups excluding carboxylic acids is 1. The first kappa shape index (κ1) is 14.5. The van der Waals surface area contributed by atoms with Crippen LogP contribution in [0.2, 0.25) is 5.02 Å². The van der Waals surface area contributed by atoms with Crippen LogP contribution in [0.1, 0.15) is 11.3 Å². The second-order valence-corrected chi connectivity index (χ2v) is 5.33. The van der Waals surface area contributed by atoms with Crippen LogP contribution in [0.4, 0.5) is 4.39 Å². The van der Waals surface area contributed by atoms with E-state index in [0.29, 0.717) is 16.3 Å². The Hall–Kier alpha value is -2.40. The normalized spacial score (nSPS) is 10.8. The SMILES string of the molecule is O=C(Cc1ccccc1F)NCc1cn2cc(Cl)ccc2n1. The number of carbonyl (C=O) groups is 1. The van der Waals surface area contributed by atoms with Crippen molar-refractivity contribution in [1.29, 1.82) is 0 Å². The molecular weight excluding hydrogens is 305 g/mol. The number of pyridine rings is 1. The Bertz CT molecular complexity index is 831. The highest BCUT2D eigenvalue weighted by molar-refractivity contribution is 6.30. The molecule has 0 bridgehead atoms. The number of hydrogen-bond donors (Lipinski definition) is 1. The molecule has 0 spiro atoms. The van der Waals surface area contributed by atoms with Gasteiger partial charge >= 0.3 is 0 Å². The lowest BCUT2D eigenvalue weighted by Crippen LogP contribution is -2.25. The minimum absolute atomic E-state index is 0.00583. The van der Waals surface area contributed by atoms with E-state index >= 15 is 0 Å². The molecule has 0 saturated carbocycles. The molecule has 2 aromatic heterocycles. The Kier molecular flexibility index (Phi) is 4.06. The maximum absolute atomic E-state index is 13.5. The fourth-order valence-electron chi connectivity index (χ4n) is 2.17. The highest BCUT2D eigenvalue weighted by atomic mass is 35.5. The summed E-state index contributed by atoms with van der Waals surface area (Å²) in [6, 6.07) is 9.80. The zero-order chi connectivity index (χ0) is 15.5. The molecule has 0 aliphatic rings. The molecule has 0 aliphatic heterocycles. The van der Waals surface area contributed by atoms with E-state index < -0.39 is 0 Å². The number of hydrogen-bond acceptors (Lipinski definition) is 2. The average Bonchev–Trinajstić information content (AvgIpc) is 2.89. The van der Waals surface area contributed by atoms with Crippen LogP contribution in [0.15, 0.2) is 48.8 Å². The maximum Gasteiger partial charge on any atom is 0.224 e. The van der Waals surface area contributed by atoms with Gasteiger partial charge in [0.1, 0.15) is 11.5 Å². The van der Waals surface area contributed by atoms with E-state index in [9.17, 15) is 9.18 Å². The van der Waals surface area contributed by atoms with Gasteiger partial charge in [0.15, 0.2) is 0 Å². The molecule has 1 N–H and O–H groups in total. The molecule has 0 aliphatic carbocycles. The fourth-order valence-corrected chi connectivity index (χ4v) is 2.34. The summed E-state index contributed by atoms with van der Waals surface area (Å²) in [4.78, 5) is 16.2. The van der Waals surface area contributed by atoms with E-state index in [1.807, 2.05) is 0 Å². The smallest absolute Gasteiger partial charge is 0.224 e. The number of imidazole rings is 1. The highest BCUT2D eigenvalue weighted by Gasteiger charge is 2.08. The average molecular weight is 318 g/mol. The topological polar surface area (TPSA) is 46.4 Å². The Labute approximate surface area is 131 Å². The first-order valence-electron chi connectivity index (χ1n) is 6.75. The standard InChI is InChI=1S/C16H13ClFN3O/c17-12-5-6-15-20-13(10-21(15)9-12)8-19-16(22)7-11-3-1-2-4-14(11)18/h1-6,9-10H,7-8H2,(H,19,22). The number of nitrogens with one attached hydrogen (secondary N) is 1. The number of aromatic nitrogens is 2. The van der Waals surface area contributed by atoms with Crippen LogP contribution in [-0.4, -0.2) is 15.3 Å².